The summed E-state index contributed by atoms with van der Waals surface area (Å²) >= 11 is 0. The van der Waals surface area contributed by atoms with E-state index in [4.69, 9.17) is 4.74 Å². The molecule has 1 unspecified atom stereocenters. The Hall–Kier alpha value is -0.870. The van der Waals surface area contributed by atoms with Gasteiger partial charge in [-0.2, -0.15) is 0 Å². The molecule has 0 aromatic carbocycles. The fourth-order valence-electron chi connectivity index (χ4n) is 1.42. The molecule has 0 bridgehead atoms. The fraction of sp³-hybridized carbons (Fsp3) is 0.700. The molecule has 0 aromatic heterocycles. The first-order valence-electron chi connectivity index (χ1n) is 5.05. The first-order chi connectivity index (χ1) is 6.83. The Morgan fingerprint density at radius 2 is 2.57 bits per heavy atom. The number of carbonyl (C=O) groups excluding carboxylic acids is 1. The van der Waals surface area contributed by atoms with E-state index in [0.29, 0.717) is 12.6 Å². The van der Waals surface area contributed by atoms with Gasteiger partial charge >= 0.3 is 0 Å². The third-order valence-electron chi connectivity index (χ3n) is 2.19. The van der Waals surface area contributed by atoms with Crippen LogP contribution in [0.25, 0.3) is 0 Å². The maximum Gasteiger partial charge on any atom is 0.243 e. The van der Waals surface area contributed by atoms with Crippen molar-refractivity contribution in [2.75, 3.05) is 26.2 Å². The highest BCUT2D eigenvalue weighted by Gasteiger charge is 2.12. The minimum absolute atomic E-state index is 0.104. The molecule has 2 N–H and O–H groups in total. The smallest absolute Gasteiger partial charge is 0.243 e. The van der Waals surface area contributed by atoms with Crippen LogP contribution in [0.4, 0.5) is 0 Å². The average molecular weight is 198 g/mol. The van der Waals surface area contributed by atoms with Crippen molar-refractivity contribution in [1.82, 2.24) is 10.6 Å². The van der Waals surface area contributed by atoms with Crippen molar-refractivity contribution in [1.29, 1.82) is 0 Å². The van der Waals surface area contributed by atoms with Gasteiger partial charge in [0.15, 0.2) is 0 Å². The van der Waals surface area contributed by atoms with Gasteiger partial charge in [0.05, 0.1) is 12.7 Å². The molecule has 1 fully saturated rings. The molecular weight excluding hydrogens is 180 g/mol. The number of hydrogen-bond donors (Lipinski definition) is 2. The Labute approximate surface area is 84.7 Å². The lowest BCUT2D eigenvalue weighted by Gasteiger charge is -2.23. The molecular formula is C10H18N2O2. The number of hydrogen-bond acceptors (Lipinski definition) is 3. The molecule has 0 saturated carbocycles. The maximum atomic E-state index is 10.8. The van der Waals surface area contributed by atoms with Crippen LogP contribution in [0.1, 0.15) is 12.8 Å². The molecule has 0 spiro atoms. The summed E-state index contributed by atoms with van der Waals surface area (Å²) < 4.78 is 5.52. The number of nitrogens with one attached hydrogen (secondary N) is 2. The maximum absolute atomic E-state index is 10.8. The summed E-state index contributed by atoms with van der Waals surface area (Å²) in [6.07, 6.45) is 3.54. The molecule has 1 saturated heterocycles. The monoisotopic (exact) mass is 198 g/mol. The second-order valence-electron chi connectivity index (χ2n) is 3.33. The lowest BCUT2D eigenvalue weighted by Crippen LogP contribution is -2.38. The van der Waals surface area contributed by atoms with Crippen LogP contribution in [0.15, 0.2) is 12.7 Å². The number of carbonyl (C=O) groups is 1. The number of amides is 1. The molecule has 1 heterocycles. The number of morpholine rings is 1. The van der Waals surface area contributed by atoms with Gasteiger partial charge in [0.2, 0.25) is 5.91 Å². The summed E-state index contributed by atoms with van der Waals surface area (Å²) in [5.41, 5.74) is 0. The fourth-order valence-corrected chi connectivity index (χ4v) is 1.42. The number of ether oxygens (including phenoxy) is 1. The van der Waals surface area contributed by atoms with Gasteiger partial charge in [-0.3, -0.25) is 4.79 Å². The highest BCUT2D eigenvalue weighted by atomic mass is 16.5. The standard InChI is InChI=1S/C10H18N2O2/c1-2-10(13)12-5-3-4-9-8-11-6-7-14-9/h2,9,11H,1,3-8H2,(H,12,13). The molecule has 4 nitrogen and oxygen atoms in total. The summed E-state index contributed by atoms with van der Waals surface area (Å²) in [7, 11) is 0. The molecule has 1 aliphatic heterocycles. The molecule has 0 aromatic rings. The zero-order valence-electron chi connectivity index (χ0n) is 8.42. The number of rotatable bonds is 5. The Morgan fingerprint density at radius 1 is 1.71 bits per heavy atom. The predicted molar refractivity (Wildman–Crippen MR) is 55.1 cm³/mol. The van der Waals surface area contributed by atoms with Crippen molar-refractivity contribution in [3.8, 4) is 0 Å². The zero-order valence-corrected chi connectivity index (χ0v) is 8.42. The molecule has 0 aliphatic carbocycles. The van der Waals surface area contributed by atoms with E-state index in [9.17, 15) is 4.79 Å². The second kappa shape index (κ2) is 6.56. The van der Waals surface area contributed by atoms with Crippen LogP contribution in [-0.2, 0) is 9.53 Å². The van der Waals surface area contributed by atoms with Crippen LogP contribution in [0.5, 0.6) is 0 Å². The van der Waals surface area contributed by atoms with Gasteiger partial charge in [-0.25, -0.2) is 0 Å². The van der Waals surface area contributed by atoms with Crippen molar-refractivity contribution in [2.24, 2.45) is 0 Å². The van der Waals surface area contributed by atoms with Crippen molar-refractivity contribution in [2.45, 2.75) is 18.9 Å². The molecule has 0 radical (unpaired) electrons. The van der Waals surface area contributed by atoms with Gasteiger partial charge in [-0.1, -0.05) is 6.58 Å². The van der Waals surface area contributed by atoms with E-state index in [0.717, 1.165) is 32.5 Å². The van der Waals surface area contributed by atoms with E-state index >= 15 is 0 Å². The van der Waals surface area contributed by atoms with Crippen molar-refractivity contribution in [3.05, 3.63) is 12.7 Å². The summed E-state index contributed by atoms with van der Waals surface area (Å²) in [4.78, 5) is 10.8. The molecule has 1 rings (SSSR count). The lowest BCUT2D eigenvalue weighted by atomic mass is 10.2. The Morgan fingerprint density at radius 3 is 3.21 bits per heavy atom. The highest BCUT2D eigenvalue weighted by Crippen LogP contribution is 2.03. The van der Waals surface area contributed by atoms with Gasteiger partial charge in [0.1, 0.15) is 0 Å². The molecule has 1 aliphatic rings. The van der Waals surface area contributed by atoms with Crippen LogP contribution in [0.3, 0.4) is 0 Å². The summed E-state index contributed by atoms with van der Waals surface area (Å²) in [6.45, 7) is 6.75. The molecule has 14 heavy (non-hydrogen) atoms. The van der Waals surface area contributed by atoms with E-state index in [-0.39, 0.29) is 5.91 Å². The Kier molecular flexibility index (Phi) is 5.25. The van der Waals surface area contributed by atoms with Crippen molar-refractivity contribution < 1.29 is 9.53 Å². The predicted octanol–water partition coefficient (Wildman–Crippen LogP) is 0.0572. The third-order valence-corrected chi connectivity index (χ3v) is 2.19. The molecule has 1 atom stereocenters. The SMILES string of the molecule is C=CC(=O)NCCCC1CNCCO1. The minimum atomic E-state index is -0.104. The summed E-state index contributed by atoms with van der Waals surface area (Å²) in [5.74, 6) is -0.104. The summed E-state index contributed by atoms with van der Waals surface area (Å²) in [6, 6.07) is 0. The largest absolute Gasteiger partial charge is 0.376 e. The quantitative estimate of drug-likeness (QED) is 0.485. The van der Waals surface area contributed by atoms with Gasteiger partial charge in [0.25, 0.3) is 0 Å². The molecule has 80 valence electrons. The van der Waals surface area contributed by atoms with Gasteiger partial charge in [-0.05, 0) is 18.9 Å². The van der Waals surface area contributed by atoms with E-state index in [1.807, 2.05) is 0 Å². The zero-order chi connectivity index (χ0) is 10.2. The van der Waals surface area contributed by atoms with Gasteiger partial charge in [-0.15, -0.1) is 0 Å². The first kappa shape index (κ1) is 11.2. The van der Waals surface area contributed by atoms with E-state index < -0.39 is 0 Å². The first-order valence-corrected chi connectivity index (χ1v) is 5.05. The van der Waals surface area contributed by atoms with Crippen LogP contribution >= 0.6 is 0 Å². The summed E-state index contributed by atoms with van der Waals surface area (Å²) in [5, 5.41) is 6.01. The third kappa shape index (κ3) is 4.39. The minimum Gasteiger partial charge on any atom is -0.376 e. The van der Waals surface area contributed by atoms with Crippen LogP contribution < -0.4 is 10.6 Å². The van der Waals surface area contributed by atoms with Crippen molar-refractivity contribution >= 4 is 5.91 Å². The van der Waals surface area contributed by atoms with E-state index in [1.165, 1.54) is 6.08 Å². The molecule has 1 amide bonds. The van der Waals surface area contributed by atoms with Gasteiger partial charge in [0, 0.05) is 19.6 Å². The van der Waals surface area contributed by atoms with Crippen LogP contribution in [0, 0.1) is 0 Å². The van der Waals surface area contributed by atoms with E-state index in [2.05, 4.69) is 17.2 Å². The lowest BCUT2D eigenvalue weighted by molar-refractivity contribution is -0.116. The Bertz CT molecular complexity index is 189. The van der Waals surface area contributed by atoms with Crippen LogP contribution in [-0.4, -0.2) is 38.3 Å². The highest BCUT2D eigenvalue weighted by molar-refractivity contribution is 5.86. The Balaban J connectivity index is 1.97. The van der Waals surface area contributed by atoms with Crippen LogP contribution in [0.2, 0.25) is 0 Å². The molecule has 4 heteroatoms. The van der Waals surface area contributed by atoms with Crippen molar-refractivity contribution in [3.63, 3.8) is 0 Å². The average Bonchev–Trinajstić information content (AvgIpc) is 2.25. The normalized spacial score (nSPS) is 21.6. The second-order valence-corrected chi connectivity index (χ2v) is 3.33. The van der Waals surface area contributed by atoms with Gasteiger partial charge < -0.3 is 15.4 Å². The topological polar surface area (TPSA) is 50.4 Å². The van der Waals surface area contributed by atoms with E-state index in [1.54, 1.807) is 0 Å².